The normalized spacial score (nSPS) is 13.7. The van der Waals surface area contributed by atoms with Crippen molar-refractivity contribution in [1.82, 2.24) is 35.9 Å². The van der Waals surface area contributed by atoms with E-state index in [1.54, 1.807) is 0 Å². The third kappa shape index (κ3) is 3.49. The molecule has 2 aromatic heterocycles. The third-order valence-corrected chi connectivity index (χ3v) is 3.87. The fourth-order valence-corrected chi connectivity index (χ4v) is 2.54. The molecule has 1 unspecified atom stereocenters. The third-order valence-electron chi connectivity index (χ3n) is 3.87. The lowest BCUT2D eigenvalue weighted by molar-refractivity contribution is -0.181. The Labute approximate surface area is 150 Å². The van der Waals surface area contributed by atoms with Gasteiger partial charge in [-0.25, -0.2) is 35.4 Å². The van der Waals surface area contributed by atoms with E-state index in [1.807, 2.05) is 6.92 Å². The first-order valence-electron chi connectivity index (χ1n) is 8.24. The number of carboxylic acid groups (broad SMARTS) is 1. The van der Waals surface area contributed by atoms with Gasteiger partial charge in [-0.3, -0.25) is 0 Å². The number of unbranched alkanes of at least 4 members (excludes halogenated alkanes) is 2. The standard InChI is InChI=1S/C15H23N7O4/c1-4-5-6-7-26-14(25)15(13(23)24,22(16-2)17-3)12-18-8-10-11(21-12)20-9-19-10/h8-9,16-17H,4-7H2,1-3H3,(H,23,24)(H,18,19,20,21). The number of fused-ring (bicyclic) bond motifs is 1. The van der Waals surface area contributed by atoms with Gasteiger partial charge in [0.05, 0.1) is 19.1 Å². The zero-order valence-corrected chi connectivity index (χ0v) is 14.9. The molecule has 0 spiro atoms. The molecule has 0 aliphatic rings. The van der Waals surface area contributed by atoms with Crippen molar-refractivity contribution < 1.29 is 19.4 Å². The number of aliphatic carboxylic acids is 1. The average molecular weight is 365 g/mol. The fourth-order valence-electron chi connectivity index (χ4n) is 2.54. The zero-order valence-electron chi connectivity index (χ0n) is 14.9. The van der Waals surface area contributed by atoms with Gasteiger partial charge in [0.1, 0.15) is 5.52 Å². The SMILES string of the molecule is CCCCCOC(=O)C(C(=O)O)(c1ncc2[nH]cnc2n1)N(NC)NC. The van der Waals surface area contributed by atoms with Crippen LogP contribution in [0.25, 0.3) is 11.2 Å². The number of aromatic nitrogens is 4. The summed E-state index contributed by atoms with van der Waals surface area (Å²) in [5.41, 5.74) is 3.69. The lowest BCUT2D eigenvalue weighted by atomic mass is 9.98. The van der Waals surface area contributed by atoms with Gasteiger partial charge in [-0.15, -0.1) is 5.12 Å². The Bertz CT molecular complexity index is 761. The van der Waals surface area contributed by atoms with E-state index in [2.05, 4.69) is 30.8 Å². The summed E-state index contributed by atoms with van der Waals surface area (Å²) in [4.78, 5) is 40.2. The predicted molar refractivity (Wildman–Crippen MR) is 91.4 cm³/mol. The second kappa shape index (κ2) is 8.65. The lowest BCUT2D eigenvalue weighted by Gasteiger charge is -2.35. The number of carbonyl (C=O) groups is 2. The van der Waals surface area contributed by atoms with Gasteiger partial charge in [0.2, 0.25) is 0 Å². The summed E-state index contributed by atoms with van der Waals surface area (Å²) in [6, 6.07) is 0. The molecule has 0 aromatic carbocycles. The van der Waals surface area contributed by atoms with Crippen LogP contribution in [0.2, 0.25) is 0 Å². The molecule has 2 aromatic rings. The first-order valence-corrected chi connectivity index (χ1v) is 8.24. The van der Waals surface area contributed by atoms with E-state index >= 15 is 0 Å². The number of imidazole rings is 1. The summed E-state index contributed by atoms with van der Waals surface area (Å²) in [5.74, 6) is -2.76. The van der Waals surface area contributed by atoms with Gasteiger partial charge in [-0.1, -0.05) is 19.8 Å². The number of carbonyl (C=O) groups excluding carboxylic acids is 1. The molecule has 0 aliphatic carbocycles. The molecule has 0 saturated carbocycles. The highest BCUT2D eigenvalue weighted by molar-refractivity contribution is 6.04. The maximum absolute atomic E-state index is 12.9. The van der Waals surface area contributed by atoms with Crippen LogP contribution in [0.3, 0.4) is 0 Å². The number of rotatable bonds is 10. The van der Waals surface area contributed by atoms with Gasteiger partial charge in [-0.05, 0) is 6.42 Å². The number of carboxylic acids is 1. The predicted octanol–water partition coefficient (Wildman–Crippen LogP) is -0.0630. The summed E-state index contributed by atoms with van der Waals surface area (Å²) < 4.78 is 5.25. The van der Waals surface area contributed by atoms with E-state index in [0.717, 1.165) is 18.0 Å². The Morgan fingerprint density at radius 2 is 2.04 bits per heavy atom. The van der Waals surface area contributed by atoms with Crippen LogP contribution in [0.4, 0.5) is 0 Å². The summed E-state index contributed by atoms with van der Waals surface area (Å²) in [5, 5.41) is 11.0. The Morgan fingerprint density at radius 3 is 2.65 bits per heavy atom. The first-order chi connectivity index (χ1) is 12.5. The van der Waals surface area contributed by atoms with Gasteiger partial charge in [0.15, 0.2) is 11.5 Å². The number of ether oxygens (including phenoxy) is 1. The number of hydrogen-bond donors (Lipinski definition) is 4. The van der Waals surface area contributed by atoms with Crippen LogP contribution in [-0.2, 0) is 19.9 Å². The summed E-state index contributed by atoms with van der Waals surface area (Å²) in [7, 11) is 2.93. The van der Waals surface area contributed by atoms with Crippen molar-refractivity contribution in [2.75, 3.05) is 20.7 Å². The summed E-state index contributed by atoms with van der Waals surface area (Å²) in [6.45, 7) is 2.12. The number of H-pyrrole nitrogens is 1. The molecule has 11 nitrogen and oxygen atoms in total. The molecule has 26 heavy (non-hydrogen) atoms. The van der Waals surface area contributed by atoms with E-state index < -0.39 is 17.5 Å². The number of hydrazine groups is 2. The van der Waals surface area contributed by atoms with Crippen LogP contribution in [0.5, 0.6) is 0 Å². The molecule has 1 atom stereocenters. The molecule has 0 amide bonds. The second-order valence-electron chi connectivity index (χ2n) is 5.47. The smallest absolute Gasteiger partial charge is 0.349 e. The summed E-state index contributed by atoms with van der Waals surface area (Å²) >= 11 is 0. The van der Waals surface area contributed by atoms with Crippen molar-refractivity contribution >= 4 is 23.1 Å². The minimum Gasteiger partial charge on any atom is -0.479 e. The van der Waals surface area contributed by atoms with E-state index in [0.29, 0.717) is 11.9 Å². The molecule has 0 saturated heterocycles. The van der Waals surface area contributed by atoms with Crippen molar-refractivity contribution in [3.05, 3.63) is 18.3 Å². The van der Waals surface area contributed by atoms with Crippen molar-refractivity contribution in [3.63, 3.8) is 0 Å². The van der Waals surface area contributed by atoms with Gasteiger partial charge in [0, 0.05) is 14.1 Å². The zero-order chi connectivity index (χ0) is 19.2. The van der Waals surface area contributed by atoms with Gasteiger partial charge in [0.25, 0.3) is 0 Å². The lowest BCUT2D eigenvalue weighted by Crippen LogP contribution is -2.66. The van der Waals surface area contributed by atoms with Crippen LogP contribution >= 0.6 is 0 Å². The number of nitrogens with one attached hydrogen (secondary N) is 3. The van der Waals surface area contributed by atoms with Crippen LogP contribution < -0.4 is 10.9 Å². The topological polar surface area (TPSA) is 145 Å². The van der Waals surface area contributed by atoms with E-state index in [4.69, 9.17) is 4.74 Å². The summed E-state index contributed by atoms with van der Waals surface area (Å²) in [6.07, 6.45) is 5.22. The van der Waals surface area contributed by atoms with E-state index in [9.17, 15) is 14.7 Å². The maximum Gasteiger partial charge on any atom is 0.349 e. The van der Waals surface area contributed by atoms with Gasteiger partial charge >= 0.3 is 17.5 Å². The Morgan fingerprint density at radius 1 is 1.31 bits per heavy atom. The largest absolute Gasteiger partial charge is 0.479 e. The molecule has 4 N–H and O–H groups in total. The first kappa shape index (κ1) is 19.7. The monoisotopic (exact) mass is 365 g/mol. The molecule has 0 aliphatic heterocycles. The molecule has 0 radical (unpaired) electrons. The number of esters is 1. The molecular formula is C15H23N7O4. The van der Waals surface area contributed by atoms with Crippen LogP contribution in [0.1, 0.15) is 32.0 Å². The molecule has 2 heterocycles. The Kier molecular flexibility index (Phi) is 6.55. The van der Waals surface area contributed by atoms with Crippen molar-refractivity contribution in [1.29, 1.82) is 0 Å². The Balaban J connectivity index is 2.51. The maximum atomic E-state index is 12.9. The molecule has 142 valence electrons. The molecular weight excluding hydrogens is 342 g/mol. The van der Waals surface area contributed by atoms with Crippen molar-refractivity contribution in [2.24, 2.45) is 0 Å². The van der Waals surface area contributed by atoms with Crippen molar-refractivity contribution in [2.45, 2.75) is 31.7 Å². The molecule has 2 rings (SSSR count). The average Bonchev–Trinajstić information content (AvgIpc) is 3.10. The second-order valence-corrected chi connectivity index (χ2v) is 5.47. The van der Waals surface area contributed by atoms with E-state index in [1.165, 1.54) is 26.6 Å². The highest BCUT2D eigenvalue weighted by Gasteiger charge is 2.58. The van der Waals surface area contributed by atoms with Gasteiger partial charge < -0.3 is 14.8 Å². The number of aromatic amines is 1. The van der Waals surface area contributed by atoms with Crippen molar-refractivity contribution in [3.8, 4) is 0 Å². The number of hydrogen-bond acceptors (Lipinski definition) is 9. The molecule has 0 fully saturated rings. The van der Waals surface area contributed by atoms with Gasteiger partial charge in [-0.2, -0.15) is 0 Å². The minimum atomic E-state index is -2.33. The highest BCUT2D eigenvalue weighted by atomic mass is 16.5. The Hall–Kier alpha value is -2.63. The molecule has 0 bridgehead atoms. The molecule has 11 heteroatoms. The quantitative estimate of drug-likeness (QED) is 0.195. The van der Waals surface area contributed by atoms with E-state index in [-0.39, 0.29) is 18.1 Å². The van der Waals surface area contributed by atoms with Crippen LogP contribution in [-0.4, -0.2) is 62.8 Å². The van der Waals surface area contributed by atoms with Crippen LogP contribution in [0.15, 0.2) is 12.5 Å². The fraction of sp³-hybridized carbons (Fsp3) is 0.533. The highest BCUT2D eigenvalue weighted by Crippen LogP contribution is 2.27. The number of nitrogens with zero attached hydrogens (tertiary/aromatic N) is 4. The minimum absolute atomic E-state index is 0.105. The van der Waals surface area contributed by atoms with Crippen LogP contribution in [0, 0.1) is 0 Å².